The van der Waals surface area contributed by atoms with Gasteiger partial charge in [0, 0.05) is 22.4 Å². The van der Waals surface area contributed by atoms with Crippen molar-refractivity contribution in [3.63, 3.8) is 0 Å². The number of aliphatic hydroxyl groups is 1. The predicted molar refractivity (Wildman–Crippen MR) is 114 cm³/mol. The van der Waals surface area contributed by atoms with Crippen LogP contribution in [0, 0.1) is 16.7 Å². The first-order valence-electron chi connectivity index (χ1n) is 8.86. The second kappa shape index (κ2) is 7.58. The first-order valence-corrected chi connectivity index (χ1v) is 10.6. The second-order valence-electron chi connectivity index (χ2n) is 6.53. The van der Waals surface area contributed by atoms with Crippen LogP contribution in [0.15, 0.2) is 52.9 Å². The number of hydrogen-bond donors (Lipinski definition) is 2. The molecule has 1 unspecified atom stereocenters. The average Bonchev–Trinajstić information content (AvgIpc) is 3.43. The largest absolute Gasteiger partial charge is 0.509 e. The molecule has 0 spiro atoms. The number of benzene rings is 1. The van der Waals surface area contributed by atoms with Gasteiger partial charge in [-0.1, -0.05) is 18.2 Å². The molecule has 3 heterocycles. The molecule has 0 fully saturated rings. The van der Waals surface area contributed by atoms with Crippen molar-refractivity contribution < 1.29 is 5.11 Å². The molecule has 28 heavy (non-hydrogen) atoms. The summed E-state index contributed by atoms with van der Waals surface area (Å²) in [4.78, 5) is 7.84. The van der Waals surface area contributed by atoms with E-state index in [-0.39, 0.29) is 11.8 Å². The van der Waals surface area contributed by atoms with E-state index in [1.54, 1.807) is 23.5 Å². The summed E-state index contributed by atoms with van der Waals surface area (Å²) in [6.07, 6.45) is 0.847. The monoisotopic (exact) mass is 406 g/mol. The number of thiophene rings is 1. The molecular weight excluding hydrogens is 388 g/mol. The summed E-state index contributed by atoms with van der Waals surface area (Å²) in [6, 6.07) is 13.2. The van der Waals surface area contributed by atoms with E-state index in [9.17, 15) is 5.11 Å². The molecule has 4 rings (SSSR count). The van der Waals surface area contributed by atoms with Crippen LogP contribution in [0.5, 0.6) is 0 Å². The number of aliphatic hydroxyl groups excluding tert-OH is 1. The molecule has 0 bridgehead atoms. The van der Waals surface area contributed by atoms with Gasteiger partial charge < -0.3 is 10.0 Å². The van der Waals surface area contributed by atoms with E-state index in [0.29, 0.717) is 28.5 Å². The zero-order chi connectivity index (χ0) is 19.7. The van der Waals surface area contributed by atoms with Crippen LogP contribution in [0.1, 0.15) is 22.4 Å². The Morgan fingerprint density at radius 3 is 2.71 bits per heavy atom. The second-order valence-corrected chi connectivity index (χ2v) is 8.42. The number of nitrogens with zero attached hydrogens (tertiary/aromatic N) is 3. The van der Waals surface area contributed by atoms with Gasteiger partial charge in [0.05, 0.1) is 28.9 Å². The standard InChI is InChI=1S/C21H18N4OS2/c1-13-19(26)18(20(23)25(13)9-8-16-3-2-10-27-16)21-24-17(12-28-21)15-6-4-14(11-22)5-7-15/h2-7,10,12-13,23,26H,8-9H2,1H3. The number of thiazole rings is 1. The van der Waals surface area contributed by atoms with E-state index in [1.165, 1.54) is 16.2 Å². The van der Waals surface area contributed by atoms with E-state index in [2.05, 4.69) is 22.5 Å². The minimum Gasteiger partial charge on any atom is -0.509 e. The van der Waals surface area contributed by atoms with Crippen LogP contribution >= 0.6 is 22.7 Å². The Balaban J connectivity index is 1.55. The number of hydrogen-bond acceptors (Lipinski definition) is 6. The van der Waals surface area contributed by atoms with Crippen molar-refractivity contribution in [3.05, 3.63) is 68.4 Å². The summed E-state index contributed by atoms with van der Waals surface area (Å²) in [5.41, 5.74) is 2.81. The minimum absolute atomic E-state index is 0.205. The van der Waals surface area contributed by atoms with Crippen LogP contribution in [-0.2, 0) is 6.42 Å². The molecule has 140 valence electrons. The summed E-state index contributed by atoms with van der Waals surface area (Å²) < 4.78 is 0. The zero-order valence-electron chi connectivity index (χ0n) is 15.2. The number of rotatable bonds is 5. The van der Waals surface area contributed by atoms with Crippen molar-refractivity contribution in [2.24, 2.45) is 0 Å². The lowest BCUT2D eigenvalue weighted by molar-refractivity contribution is 0.287. The van der Waals surface area contributed by atoms with Gasteiger partial charge >= 0.3 is 0 Å². The molecule has 2 N–H and O–H groups in total. The Hall–Kier alpha value is -2.95. The third-order valence-corrected chi connectivity index (χ3v) is 6.65. The normalized spacial score (nSPS) is 16.6. The fraction of sp³-hybridized carbons (Fsp3) is 0.190. The number of nitrogens with one attached hydrogen (secondary N) is 1. The van der Waals surface area contributed by atoms with Crippen molar-refractivity contribution in [3.8, 4) is 17.3 Å². The molecule has 1 aromatic carbocycles. The van der Waals surface area contributed by atoms with Crippen LogP contribution in [0.4, 0.5) is 0 Å². The van der Waals surface area contributed by atoms with Gasteiger partial charge in [-0.15, -0.1) is 22.7 Å². The Bertz CT molecular complexity index is 1070. The van der Waals surface area contributed by atoms with Gasteiger partial charge in [-0.2, -0.15) is 5.26 Å². The van der Waals surface area contributed by atoms with Crippen LogP contribution < -0.4 is 0 Å². The van der Waals surface area contributed by atoms with Crippen molar-refractivity contribution in [1.82, 2.24) is 9.88 Å². The molecular formula is C21H18N4OS2. The number of nitriles is 1. The van der Waals surface area contributed by atoms with E-state index in [0.717, 1.165) is 17.7 Å². The van der Waals surface area contributed by atoms with Crippen LogP contribution in [-0.4, -0.2) is 33.4 Å². The van der Waals surface area contributed by atoms with Crippen molar-refractivity contribution in [1.29, 1.82) is 10.7 Å². The van der Waals surface area contributed by atoms with E-state index >= 15 is 0 Å². The predicted octanol–water partition coefficient (Wildman–Crippen LogP) is 4.94. The lowest BCUT2D eigenvalue weighted by atomic mass is 10.1. The van der Waals surface area contributed by atoms with Gasteiger partial charge in [0.2, 0.25) is 0 Å². The van der Waals surface area contributed by atoms with Gasteiger partial charge in [-0.05, 0) is 36.9 Å². The van der Waals surface area contributed by atoms with Crippen LogP contribution in [0.25, 0.3) is 16.8 Å². The molecule has 0 saturated carbocycles. The summed E-state index contributed by atoms with van der Waals surface area (Å²) in [7, 11) is 0. The van der Waals surface area contributed by atoms with Crippen LogP contribution in [0.2, 0.25) is 0 Å². The maximum atomic E-state index is 10.7. The summed E-state index contributed by atoms with van der Waals surface area (Å²) >= 11 is 3.13. The van der Waals surface area contributed by atoms with Gasteiger partial charge in [-0.25, -0.2) is 4.98 Å². The Morgan fingerprint density at radius 1 is 1.25 bits per heavy atom. The summed E-state index contributed by atoms with van der Waals surface area (Å²) in [5, 5.41) is 32.8. The smallest absolute Gasteiger partial charge is 0.135 e. The lowest BCUT2D eigenvalue weighted by Crippen LogP contribution is -2.35. The fourth-order valence-corrected chi connectivity index (χ4v) is 4.83. The van der Waals surface area contributed by atoms with Crippen molar-refractivity contribution in [2.45, 2.75) is 19.4 Å². The average molecular weight is 407 g/mol. The highest BCUT2D eigenvalue weighted by atomic mass is 32.1. The molecule has 3 aromatic rings. The minimum atomic E-state index is -0.232. The Morgan fingerprint density at radius 2 is 2.04 bits per heavy atom. The zero-order valence-corrected chi connectivity index (χ0v) is 16.8. The highest BCUT2D eigenvalue weighted by Gasteiger charge is 2.35. The SMILES string of the molecule is CC1C(O)=C(c2nc(-c3ccc(C#N)cc3)cs2)C(=N)N1CCc1cccs1. The molecule has 7 heteroatoms. The molecule has 5 nitrogen and oxygen atoms in total. The highest BCUT2D eigenvalue weighted by Crippen LogP contribution is 2.35. The lowest BCUT2D eigenvalue weighted by Gasteiger charge is -2.23. The van der Waals surface area contributed by atoms with E-state index in [1.807, 2.05) is 35.4 Å². The molecule has 0 amide bonds. The van der Waals surface area contributed by atoms with Gasteiger partial charge in [0.15, 0.2) is 0 Å². The highest BCUT2D eigenvalue weighted by molar-refractivity contribution is 7.11. The van der Waals surface area contributed by atoms with E-state index < -0.39 is 0 Å². The molecule has 0 aliphatic carbocycles. The topological polar surface area (TPSA) is 84.0 Å². The molecule has 1 atom stereocenters. The fourth-order valence-electron chi connectivity index (χ4n) is 3.25. The first-order chi connectivity index (χ1) is 13.6. The number of aromatic nitrogens is 1. The van der Waals surface area contributed by atoms with Gasteiger partial charge in [0.1, 0.15) is 16.6 Å². The molecule has 1 aliphatic rings. The Labute approximate surface area is 171 Å². The summed E-state index contributed by atoms with van der Waals surface area (Å²) in [6.45, 7) is 2.60. The molecule has 1 aliphatic heterocycles. The van der Waals surface area contributed by atoms with Crippen LogP contribution in [0.3, 0.4) is 0 Å². The first kappa shape index (κ1) is 18.4. The van der Waals surface area contributed by atoms with E-state index in [4.69, 9.17) is 10.7 Å². The third kappa shape index (κ3) is 3.33. The quantitative estimate of drug-likeness (QED) is 0.629. The van der Waals surface area contributed by atoms with Crippen molar-refractivity contribution in [2.75, 3.05) is 6.54 Å². The van der Waals surface area contributed by atoms with Gasteiger partial charge in [0.25, 0.3) is 0 Å². The number of amidine groups is 1. The third-order valence-electron chi connectivity index (χ3n) is 4.85. The maximum Gasteiger partial charge on any atom is 0.135 e. The summed E-state index contributed by atoms with van der Waals surface area (Å²) in [5.74, 6) is 0.527. The van der Waals surface area contributed by atoms with Gasteiger partial charge in [-0.3, -0.25) is 5.41 Å². The molecule has 2 aromatic heterocycles. The molecule has 0 saturated heterocycles. The Kier molecular flexibility index (Phi) is 4.99. The van der Waals surface area contributed by atoms with Crippen molar-refractivity contribution >= 4 is 34.1 Å². The molecule has 0 radical (unpaired) electrons. The maximum absolute atomic E-state index is 10.7.